The van der Waals surface area contributed by atoms with Crippen LogP contribution in [0.4, 0.5) is 4.39 Å². The predicted octanol–water partition coefficient (Wildman–Crippen LogP) is 3.65. The van der Waals surface area contributed by atoms with Crippen LogP contribution in [0.15, 0.2) is 84.3 Å². The molecular formula is C21H17FN4O2S. The first-order valence-electron chi connectivity index (χ1n) is 8.78. The average Bonchev–Trinajstić information content (AvgIpc) is 3.20. The van der Waals surface area contributed by atoms with Gasteiger partial charge in [0.05, 0.1) is 17.1 Å². The molecule has 0 saturated heterocycles. The first-order valence-corrected chi connectivity index (χ1v) is 10.3. The van der Waals surface area contributed by atoms with Gasteiger partial charge in [0.2, 0.25) is 10.0 Å². The standard InChI is InChI=1S/C21H17FN4O2S/c1-23-29(27,28)19-5-3-2-4-18(19)26-14-25-20(15-6-8-17(22)9-7-15)21(26)16-10-12-24-13-11-16/h2-14,23H,1H3. The minimum atomic E-state index is -3.70. The lowest BCUT2D eigenvalue weighted by molar-refractivity contribution is 0.587. The van der Waals surface area contributed by atoms with Gasteiger partial charge in [0.1, 0.15) is 17.0 Å². The van der Waals surface area contributed by atoms with E-state index in [1.54, 1.807) is 53.6 Å². The number of imidazole rings is 1. The number of rotatable bonds is 5. The lowest BCUT2D eigenvalue weighted by Gasteiger charge is -2.14. The van der Waals surface area contributed by atoms with Gasteiger partial charge >= 0.3 is 0 Å². The van der Waals surface area contributed by atoms with Gasteiger partial charge < -0.3 is 0 Å². The number of nitrogens with one attached hydrogen (secondary N) is 1. The zero-order valence-electron chi connectivity index (χ0n) is 15.4. The van der Waals surface area contributed by atoms with Crippen molar-refractivity contribution in [3.8, 4) is 28.2 Å². The number of para-hydroxylation sites is 1. The number of hydrogen-bond acceptors (Lipinski definition) is 4. The fourth-order valence-electron chi connectivity index (χ4n) is 3.13. The molecule has 0 spiro atoms. The van der Waals surface area contributed by atoms with E-state index in [1.165, 1.54) is 25.2 Å². The highest BCUT2D eigenvalue weighted by Crippen LogP contribution is 2.34. The second-order valence-corrected chi connectivity index (χ2v) is 8.08. The van der Waals surface area contributed by atoms with E-state index >= 15 is 0 Å². The first kappa shape index (κ1) is 19.0. The molecule has 1 N–H and O–H groups in total. The third-order valence-electron chi connectivity index (χ3n) is 4.52. The summed E-state index contributed by atoms with van der Waals surface area (Å²) in [7, 11) is -2.33. The number of aromatic nitrogens is 3. The molecule has 2 aromatic heterocycles. The van der Waals surface area contributed by atoms with Gasteiger partial charge in [-0.15, -0.1) is 0 Å². The maximum Gasteiger partial charge on any atom is 0.242 e. The van der Waals surface area contributed by atoms with Crippen molar-refractivity contribution >= 4 is 10.0 Å². The Morgan fingerprint density at radius 3 is 2.31 bits per heavy atom. The SMILES string of the molecule is CNS(=O)(=O)c1ccccc1-n1cnc(-c2ccc(F)cc2)c1-c1ccncc1. The minimum Gasteiger partial charge on any atom is -0.297 e. The van der Waals surface area contributed by atoms with Crippen molar-refractivity contribution in [3.05, 3.63) is 85.2 Å². The fourth-order valence-corrected chi connectivity index (χ4v) is 4.05. The predicted molar refractivity (Wildman–Crippen MR) is 108 cm³/mol. The fraction of sp³-hybridized carbons (Fsp3) is 0.0476. The normalized spacial score (nSPS) is 11.5. The summed E-state index contributed by atoms with van der Waals surface area (Å²) in [6.45, 7) is 0. The zero-order valence-corrected chi connectivity index (χ0v) is 16.3. The van der Waals surface area contributed by atoms with E-state index in [9.17, 15) is 12.8 Å². The van der Waals surface area contributed by atoms with Gasteiger partial charge in [-0.25, -0.2) is 22.5 Å². The third-order valence-corrected chi connectivity index (χ3v) is 5.98. The van der Waals surface area contributed by atoms with E-state index in [4.69, 9.17) is 0 Å². The van der Waals surface area contributed by atoms with Crippen LogP contribution in [0.25, 0.3) is 28.2 Å². The van der Waals surface area contributed by atoms with Crippen LogP contribution in [0.2, 0.25) is 0 Å². The average molecular weight is 408 g/mol. The zero-order chi connectivity index (χ0) is 20.4. The molecular weight excluding hydrogens is 391 g/mol. The molecule has 6 nitrogen and oxygen atoms in total. The van der Waals surface area contributed by atoms with Crippen molar-refractivity contribution in [3.63, 3.8) is 0 Å². The lowest BCUT2D eigenvalue weighted by Crippen LogP contribution is -2.20. The summed E-state index contributed by atoms with van der Waals surface area (Å²) in [4.78, 5) is 8.71. The molecule has 4 rings (SSSR count). The number of pyridine rings is 1. The van der Waals surface area contributed by atoms with E-state index in [0.717, 1.165) is 5.56 Å². The number of hydrogen-bond donors (Lipinski definition) is 1. The number of benzene rings is 2. The summed E-state index contributed by atoms with van der Waals surface area (Å²) in [5.74, 6) is -0.343. The summed E-state index contributed by atoms with van der Waals surface area (Å²) in [6.07, 6.45) is 4.87. The van der Waals surface area contributed by atoms with Crippen molar-refractivity contribution in [2.75, 3.05) is 7.05 Å². The summed E-state index contributed by atoms with van der Waals surface area (Å²) >= 11 is 0. The van der Waals surface area contributed by atoms with Crippen LogP contribution >= 0.6 is 0 Å². The summed E-state index contributed by atoms with van der Waals surface area (Å²) in [6, 6.07) is 16.3. The first-order chi connectivity index (χ1) is 14.0. The molecule has 8 heteroatoms. The molecule has 4 aromatic rings. The molecule has 29 heavy (non-hydrogen) atoms. The van der Waals surface area contributed by atoms with E-state index < -0.39 is 10.0 Å². The van der Waals surface area contributed by atoms with E-state index in [0.29, 0.717) is 22.6 Å². The molecule has 146 valence electrons. The smallest absolute Gasteiger partial charge is 0.242 e. The molecule has 0 amide bonds. The summed E-state index contributed by atoms with van der Waals surface area (Å²) in [5, 5.41) is 0. The van der Waals surface area contributed by atoms with E-state index in [2.05, 4.69) is 14.7 Å². The summed E-state index contributed by atoms with van der Waals surface area (Å²) in [5.41, 5.74) is 3.25. The van der Waals surface area contributed by atoms with Crippen molar-refractivity contribution in [2.45, 2.75) is 4.90 Å². The Hall–Kier alpha value is -3.36. The molecule has 0 bridgehead atoms. The van der Waals surface area contributed by atoms with Crippen molar-refractivity contribution in [1.82, 2.24) is 19.3 Å². The van der Waals surface area contributed by atoms with Gasteiger partial charge in [-0.1, -0.05) is 12.1 Å². The van der Waals surface area contributed by atoms with Gasteiger partial charge in [-0.05, 0) is 55.6 Å². The Kier molecular flexibility index (Phi) is 4.96. The molecule has 0 saturated carbocycles. The van der Waals surface area contributed by atoms with Crippen molar-refractivity contribution < 1.29 is 12.8 Å². The van der Waals surface area contributed by atoms with Crippen LogP contribution in [-0.2, 0) is 10.0 Å². The highest BCUT2D eigenvalue weighted by Gasteiger charge is 2.22. The number of halogens is 1. The molecule has 0 atom stereocenters. The summed E-state index contributed by atoms with van der Waals surface area (Å²) < 4.78 is 42.6. The molecule has 2 aromatic carbocycles. The van der Waals surface area contributed by atoms with Crippen LogP contribution < -0.4 is 4.72 Å². The second kappa shape index (κ2) is 7.57. The van der Waals surface area contributed by atoms with Gasteiger partial charge in [-0.2, -0.15) is 0 Å². The minimum absolute atomic E-state index is 0.126. The van der Waals surface area contributed by atoms with Gasteiger partial charge in [-0.3, -0.25) is 9.55 Å². The maximum absolute atomic E-state index is 13.4. The van der Waals surface area contributed by atoms with Gasteiger partial charge in [0.25, 0.3) is 0 Å². The number of sulfonamides is 1. The Bertz CT molecular complexity index is 1250. The second-order valence-electron chi connectivity index (χ2n) is 6.23. The van der Waals surface area contributed by atoms with Crippen LogP contribution in [0, 0.1) is 5.82 Å². The van der Waals surface area contributed by atoms with Gasteiger partial charge in [0, 0.05) is 23.5 Å². The van der Waals surface area contributed by atoms with Crippen LogP contribution in [-0.4, -0.2) is 30.0 Å². The van der Waals surface area contributed by atoms with Crippen LogP contribution in [0.3, 0.4) is 0 Å². The monoisotopic (exact) mass is 408 g/mol. The van der Waals surface area contributed by atoms with Crippen LogP contribution in [0.1, 0.15) is 0 Å². The Morgan fingerprint density at radius 1 is 0.931 bits per heavy atom. The Morgan fingerprint density at radius 2 is 1.62 bits per heavy atom. The topological polar surface area (TPSA) is 76.9 Å². The molecule has 0 unspecified atom stereocenters. The Balaban J connectivity index is 2.01. The quantitative estimate of drug-likeness (QED) is 0.547. The molecule has 2 heterocycles. The van der Waals surface area contributed by atoms with E-state index in [-0.39, 0.29) is 10.7 Å². The highest BCUT2D eigenvalue weighted by molar-refractivity contribution is 7.89. The van der Waals surface area contributed by atoms with Crippen molar-refractivity contribution in [1.29, 1.82) is 0 Å². The molecule has 0 fully saturated rings. The molecule has 0 aliphatic carbocycles. The van der Waals surface area contributed by atoms with E-state index in [1.807, 2.05) is 12.1 Å². The van der Waals surface area contributed by atoms with Crippen LogP contribution in [0.5, 0.6) is 0 Å². The molecule has 0 aliphatic heterocycles. The van der Waals surface area contributed by atoms with Gasteiger partial charge in [0.15, 0.2) is 0 Å². The lowest BCUT2D eigenvalue weighted by atomic mass is 10.1. The highest BCUT2D eigenvalue weighted by atomic mass is 32.2. The third kappa shape index (κ3) is 3.55. The molecule has 0 radical (unpaired) electrons. The Labute approximate surface area is 167 Å². The number of nitrogens with zero attached hydrogens (tertiary/aromatic N) is 3. The maximum atomic E-state index is 13.4. The molecule has 0 aliphatic rings. The van der Waals surface area contributed by atoms with Crippen molar-refractivity contribution in [2.24, 2.45) is 0 Å². The largest absolute Gasteiger partial charge is 0.297 e.